The molecule has 2 fully saturated rings. The second-order valence-corrected chi connectivity index (χ2v) is 11.4. The van der Waals surface area contributed by atoms with Gasteiger partial charge in [0.05, 0.1) is 23.4 Å². The molecule has 1 N–H and O–H groups in total. The summed E-state index contributed by atoms with van der Waals surface area (Å²) in [5.74, 6) is -0.226. The monoisotopic (exact) mass is 471 g/mol. The maximum atomic E-state index is 12.7. The van der Waals surface area contributed by atoms with E-state index in [2.05, 4.69) is 33.0 Å². The van der Waals surface area contributed by atoms with Crippen molar-refractivity contribution in [2.24, 2.45) is 0 Å². The lowest BCUT2D eigenvalue weighted by Gasteiger charge is -2.32. The Hall–Kier alpha value is -1.67. The van der Waals surface area contributed by atoms with Crippen molar-refractivity contribution < 1.29 is 23.6 Å². The predicted octanol–water partition coefficient (Wildman–Crippen LogP) is 4.26. The fourth-order valence-electron chi connectivity index (χ4n) is 3.94. The molecule has 34 heavy (non-hydrogen) atoms. The van der Waals surface area contributed by atoms with Crippen LogP contribution in [0.25, 0.3) is 6.08 Å². The number of esters is 1. The van der Waals surface area contributed by atoms with Crippen molar-refractivity contribution in [3.8, 4) is 0 Å². The molecule has 188 valence electrons. The van der Waals surface area contributed by atoms with Crippen LogP contribution in [0.2, 0.25) is 0 Å². The third-order valence-corrected chi connectivity index (χ3v) is 6.81. The maximum absolute atomic E-state index is 12.7. The quantitative estimate of drug-likeness (QED) is 0.429. The Morgan fingerprint density at radius 1 is 1.12 bits per heavy atom. The second-order valence-electron chi connectivity index (χ2n) is 11.4. The van der Waals surface area contributed by atoms with Gasteiger partial charge in [-0.25, -0.2) is 0 Å². The van der Waals surface area contributed by atoms with E-state index in [1.165, 1.54) is 0 Å². The van der Waals surface area contributed by atoms with Gasteiger partial charge in [-0.3, -0.25) is 10.1 Å². The number of carbonyl (C=O) groups is 1. The van der Waals surface area contributed by atoms with E-state index < -0.39 is 6.04 Å². The molecule has 0 spiro atoms. The van der Waals surface area contributed by atoms with Crippen LogP contribution in [0.3, 0.4) is 0 Å². The number of hydrogen-bond acceptors (Lipinski definition) is 6. The summed E-state index contributed by atoms with van der Waals surface area (Å²) < 4.78 is 23.8. The largest absolute Gasteiger partial charge is 0.494 e. The minimum absolute atomic E-state index is 0.0458. The number of hydrogen-bond donors (Lipinski definition) is 1. The minimum Gasteiger partial charge on any atom is -0.461 e. The summed E-state index contributed by atoms with van der Waals surface area (Å²) in [6.45, 7) is 15.0. The highest BCUT2D eigenvalue weighted by Gasteiger charge is 2.51. The molecule has 1 aliphatic carbocycles. The first kappa shape index (κ1) is 26.9. The number of nitrogens with one attached hydrogen (secondary N) is 1. The standard InChI is InChI=1S/C27H42BNO5/c1-25(2,3)31-19-23(24(30)32-22-12-8-9-13-22)29-18-10-11-20-14-16-21(17-15-20)28-33-26(4,5)27(6,7)34-28/h10-11,14-17,22-23,29H,8-9,12-13,18-19H2,1-7H3/t23-/m0/s1. The number of benzene rings is 1. The van der Waals surface area contributed by atoms with Crippen molar-refractivity contribution >= 4 is 24.6 Å². The Bertz CT molecular complexity index is 822. The molecule has 0 unspecified atom stereocenters. The third-order valence-electron chi connectivity index (χ3n) is 6.81. The molecule has 0 bridgehead atoms. The highest BCUT2D eigenvalue weighted by Crippen LogP contribution is 2.36. The van der Waals surface area contributed by atoms with Crippen LogP contribution >= 0.6 is 0 Å². The molecule has 7 heteroatoms. The molecule has 6 nitrogen and oxygen atoms in total. The first-order valence-corrected chi connectivity index (χ1v) is 12.6. The van der Waals surface area contributed by atoms with E-state index in [0.29, 0.717) is 6.54 Å². The molecule has 1 atom stereocenters. The van der Waals surface area contributed by atoms with Crippen molar-refractivity contribution in [3.63, 3.8) is 0 Å². The second kappa shape index (κ2) is 10.9. The van der Waals surface area contributed by atoms with Gasteiger partial charge in [0.1, 0.15) is 12.1 Å². The number of carbonyl (C=O) groups excluding carboxylic acids is 1. The smallest absolute Gasteiger partial charge is 0.461 e. The fourth-order valence-corrected chi connectivity index (χ4v) is 3.94. The average molecular weight is 471 g/mol. The molecular formula is C27H42BNO5. The summed E-state index contributed by atoms with van der Waals surface area (Å²) in [4.78, 5) is 12.7. The van der Waals surface area contributed by atoms with Gasteiger partial charge in [0.15, 0.2) is 0 Å². The van der Waals surface area contributed by atoms with E-state index in [-0.39, 0.29) is 42.6 Å². The molecule has 1 saturated heterocycles. The van der Waals surface area contributed by atoms with Crippen LogP contribution in [0.5, 0.6) is 0 Å². The molecule has 1 heterocycles. The van der Waals surface area contributed by atoms with E-state index in [9.17, 15) is 4.79 Å². The van der Waals surface area contributed by atoms with Gasteiger partial charge in [-0.1, -0.05) is 36.4 Å². The molecule has 1 saturated carbocycles. The van der Waals surface area contributed by atoms with Crippen LogP contribution in [-0.2, 0) is 23.6 Å². The number of rotatable bonds is 9. The molecule has 1 aromatic rings. The highest BCUT2D eigenvalue weighted by molar-refractivity contribution is 6.62. The van der Waals surface area contributed by atoms with Gasteiger partial charge in [0, 0.05) is 6.54 Å². The van der Waals surface area contributed by atoms with E-state index in [1.807, 2.05) is 57.2 Å². The summed E-state index contributed by atoms with van der Waals surface area (Å²) in [5.41, 5.74) is 1.05. The topological polar surface area (TPSA) is 66.0 Å². The van der Waals surface area contributed by atoms with E-state index in [0.717, 1.165) is 36.7 Å². The van der Waals surface area contributed by atoms with Crippen LogP contribution in [0, 0.1) is 0 Å². The van der Waals surface area contributed by atoms with Crippen LogP contribution in [-0.4, -0.2) is 55.2 Å². The van der Waals surface area contributed by atoms with Crippen LogP contribution in [0.15, 0.2) is 30.3 Å². The summed E-state index contributed by atoms with van der Waals surface area (Å²) in [6, 6.07) is 7.68. The van der Waals surface area contributed by atoms with Crippen LogP contribution < -0.4 is 10.8 Å². The van der Waals surface area contributed by atoms with Gasteiger partial charge >= 0.3 is 13.1 Å². The van der Waals surface area contributed by atoms with E-state index >= 15 is 0 Å². The van der Waals surface area contributed by atoms with Gasteiger partial charge in [-0.05, 0) is 85.2 Å². The van der Waals surface area contributed by atoms with Crippen LogP contribution in [0.4, 0.5) is 0 Å². The Morgan fingerprint density at radius 2 is 1.71 bits per heavy atom. The molecule has 0 aromatic heterocycles. The van der Waals surface area contributed by atoms with Gasteiger partial charge in [0.2, 0.25) is 0 Å². The Balaban J connectivity index is 1.53. The zero-order chi connectivity index (χ0) is 25.0. The lowest BCUT2D eigenvalue weighted by atomic mass is 9.79. The first-order chi connectivity index (χ1) is 15.9. The average Bonchev–Trinajstić information content (AvgIpc) is 3.32. The lowest BCUT2D eigenvalue weighted by Crippen LogP contribution is -2.44. The molecule has 0 amide bonds. The summed E-state index contributed by atoms with van der Waals surface area (Å²) in [5, 5.41) is 3.28. The predicted molar refractivity (Wildman–Crippen MR) is 137 cm³/mol. The normalized spacial score (nSPS) is 21.3. The van der Waals surface area contributed by atoms with Crippen LogP contribution in [0.1, 0.15) is 79.7 Å². The zero-order valence-electron chi connectivity index (χ0n) is 22.0. The first-order valence-electron chi connectivity index (χ1n) is 12.6. The van der Waals surface area contributed by atoms with E-state index in [4.69, 9.17) is 18.8 Å². The van der Waals surface area contributed by atoms with E-state index in [1.54, 1.807) is 0 Å². The van der Waals surface area contributed by atoms with Gasteiger partial charge in [-0.2, -0.15) is 0 Å². The van der Waals surface area contributed by atoms with Crippen molar-refractivity contribution in [2.75, 3.05) is 13.2 Å². The fraction of sp³-hybridized carbons (Fsp3) is 0.667. The van der Waals surface area contributed by atoms with Gasteiger partial charge in [0.25, 0.3) is 0 Å². The SMILES string of the molecule is CC(C)(C)OC[C@H](NCC=Cc1ccc(B2OC(C)(C)C(C)(C)O2)cc1)C(=O)OC1CCCC1. The number of ether oxygens (including phenoxy) is 2. The Labute approximate surface area is 205 Å². The minimum atomic E-state index is -0.491. The van der Waals surface area contributed by atoms with Crippen molar-refractivity contribution in [1.82, 2.24) is 5.32 Å². The molecule has 0 radical (unpaired) electrons. The summed E-state index contributed by atoms with van der Waals surface area (Å²) in [6.07, 6.45) is 8.27. The molecule has 1 aromatic carbocycles. The molecule has 1 aliphatic heterocycles. The zero-order valence-corrected chi connectivity index (χ0v) is 22.0. The third kappa shape index (κ3) is 7.41. The van der Waals surface area contributed by atoms with Crippen molar-refractivity contribution in [2.45, 2.75) is 103 Å². The lowest BCUT2D eigenvalue weighted by molar-refractivity contribution is -0.154. The molecule has 2 aliphatic rings. The molecule has 3 rings (SSSR count). The Morgan fingerprint density at radius 3 is 2.26 bits per heavy atom. The Kier molecular flexibility index (Phi) is 8.67. The maximum Gasteiger partial charge on any atom is 0.494 e. The highest BCUT2D eigenvalue weighted by atomic mass is 16.7. The summed E-state index contributed by atoms with van der Waals surface area (Å²) in [7, 11) is -0.362. The summed E-state index contributed by atoms with van der Waals surface area (Å²) >= 11 is 0. The molecular weight excluding hydrogens is 429 g/mol. The van der Waals surface area contributed by atoms with Gasteiger partial charge in [-0.15, -0.1) is 0 Å². The van der Waals surface area contributed by atoms with Gasteiger partial charge < -0.3 is 18.8 Å². The van der Waals surface area contributed by atoms with Crippen molar-refractivity contribution in [3.05, 3.63) is 35.9 Å². The van der Waals surface area contributed by atoms with Crippen molar-refractivity contribution in [1.29, 1.82) is 0 Å².